The van der Waals surface area contributed by atoms with E-state index in [1.165, 1.54) is 12.3 Å². The quantitative estimate of drug-likeness (QED) is 0.813. The molecule has 6 nitrogen and oxygen atoms in total. The summed E-state index contributed by atoms with van der Waals surface area (Å²) in [4.78, 5) is 19.3. The van der Waals surface area contributed by atoms with Gasteiger partial charge in [0.15, 0.2) is 0 Å². The second kappa shape index (κ2) is 7.03. The summed E-state index contributed by atoms with van der Waals surface area (Å²) in [6.45, 7) is 5.35. The van der Waals surface area contributed by atoms with Crippen LogP contribution in [0.2, 0.25) is 0 Å². The smallest absolute Gasteiger partial charge is 0.272 e. The fourth-order valence-corrected chi connectivity index (χ4v) is 4.29. The molecule has 7 heteroatoms. The summed E-state index contributed by atoms with van der Waals surface area (Å²) >= 11 is 0. The number of fused-ring (bicyclic) bond motifs is 1. The lowest BCUT2D eigenvalue weighted by atomic mass is 9.92. The minimum absolute atomic E-state index is 0.0399. The molecule has 0 radical (unpaired) electrons. The molecule has 0 N–H and O–H groups in total. The number of likely N-dealkylation sites (tertiary alicyclic amines) is 1. The maximum atomic E-state index is 13.2. The number of carbonyl (C=O) groups is 1. The standard InChI is InChI=1S/C20H25FN4O2/c1-12-10-16-18(13(2)27-12)23-24(3)19(16)20(26)25-8-6-14(7-9-25)17-5-4-15(21)11-22-17/h4-5,11-14H,6-10H2,1-3H3/t12-,13+/m1/s1. The van der Waals surface area contributed by atoms with E-state index in [1.807, 2.05) is 25.8 Å². The predicted octanol–water partition coefficient (Wildman–Crippen LogP) is 3.00. The second-order valence-electron chi connectivity index (χ2n) is 7.60. The third kappa shape index (κ3) is 3.36. The molecule has 4 heterocycles. The normalized spacial score (nSPS) is 23.3. The maximum Gasteiger partial charge on any atom is 0.272 e. The Morgan fingerprint density at radius 3 is 2.67 bits per heavy atom. The Bertz CT molecular complexity index is 840. The Kier molecular flexibility index (Phi) is 4.72. The van der Waals surface area contributed by atoms with Crippen LogP contribution in [0.15, 0.2) is 18.3 Å². The molecule has 0 unspecified atom stereocenters. The van der Waals surface area contributed by atoms with Crippen LogP contribution in [0.1, 0.15) is 66.2 Å². The Morgan fingerprint density at radius 1 is 1.26 bits per heavy atom. The Balaban J connectivity index is 1.50. The Hall–Kier alpha value is -2.28. The topological polar surface area (TPSA) is 60.2 Å². The average Bonchev–Trinajstić information content (AvgIpc) is 2.98. The lowest BCUT2D eigenvalue weighted by Crippen LogP contribution is -2.39. The summed E-state index contributed by atoms with van der Waals surface area (Å²) in [5.74, 6) is -0.0126. The minimum Gasteiger partial charge on any atom is -0.369 e. The van der Waals surface area contributed by atoms with Crippen molar-refractivity contribution in [2.45, 2.75) is 51.2 Å². The number of rotatable bonds is 2. The van der Waals surface area contributed by atoms with Crippen LogP contribution >= 0.6 is 0 Å². The molecule has 0 bridgehead atoms. The largest absolute Gasteiger partial charge is 0.369 e. The van der Waals surface area contributed by atoms with Crippen molar-refractivity contribution < 1.29 is 13.9 Å². The summed E-state index contributed by atoms with van der Waals surface area (Å²) in [6.07, 6.45) is 3.63. The first kappa shape index (κ1) is 18.1. The molecule has 1 saturated heterocycles. The zero-order valence-corrected chi connectivity index (χ0v) is 16.0. The van der Waals surface area contributed by atoms with Gasteiger partial charge in [0.2, 0.25) is 0 Å². The van der Waals surface area contributed by atoms with Crippen LogP contribution in [-0.4, -0.2) is 44.8 Å². The number of hydrogen-bond donors (Lipinski definition) is 0. The zero-order valence-electron chi connectivity index (χ0n) is 16.0. The van der Waals surface area contributed by atoms with Gasteiger partial charge in [0, 0.05) is 43.7 Å². The molecule has 0 spiro atoms. The van der Waals surface area contributed by atoms with Gasteiger partial charge in [0.1, 0.15) is 11.5 Å². The lowest BCUT2D eigenvalue weighted by Gasteiger charge is -2.32. The number of piperidine rings is 1. The molecule has 2 aliphatic heterocycles. The molecule has 1 amide bonds. The number of ether oxygens (including phenoxy) is 1. The first-order valence-corrected chi connectivity index (χ1v) is 9.56. The van der Waals surface area contributed by atoms with Crippen molar-refractivity contribution in [3.8, 4) is 0 Å². The van der Waals surface area contributed by atoms with Crippen molar-refractivity contribution in [1.82, 2.24) is 19.7 Å². The molecule has 4 rings (SSSR count). The third-order valence-electron chi connectivity index (χ3n) is 5.64. The third-order valence-corrected chi connectivity index (χ3v) is 5.64. The van der Waals surface area contributed by atoms with Gasteiger partial charge in [-0.1, -0.05) is 0 Å². The number of pyridine rings is 1. The number of carbonyl (C=O) groups excluding carboxylic acids is 1. The van der Waals surface area contributed by atoms with E-state index in [4.69, 9.17) is 4.74 Å². The number of aryl methyl sites for hydroxylation is 1. The van der Waals surface area contributed by atoms with Crippen molar-refractivity contribution in [3.63, 3.8) is 0 Å². The Labute approximate surface area is 158 Å². The van der Waals surface area contributed by atoms with E-state index in [2.05, 4.69) is 10.1 Å². The van der Waals surface area contributed by atoms with Gasteiger partial charge in [0.25, 0.3) is 5.91 Å². The van der Waals surface area contributed by atoms with Gasteiger partial charge in [-0.15, -0.1) is 0 Å². The van der Waals surface area contributed by atoms with Crippen LogP contribution in [-0.2, 0) is 18.2 Å². The van der Waals surface area contributed by atoms with E-state index >= 15 is 0 Å². The SMILES string of the molecule is C[C@@H]1Cc2c(nn(C)c2C(=O)N2CCC(c3ccc(F)cn3)CC2)[C@H](C)O1. The van der Waals surface area contributed by atoms with E-state index in [0.717, 1.165) is 29.8 Å². The summed E-state index contributed by atoms with van der Waals surface area (Å²) in [5.41, 5.74) is 3.49. The van der Waals surface area contributed by atoms with E-state index in [-0.39, 0.29) is 29.9 Å². The van der Waals surface area contributed by atoms with Gasteiger partial charge in [-0.3, -0.25) is 14.5 Å². The van der Waals surface area contributed by atoms with Crippen LogP contribution in [0.5, 0.6) is 0 Å². The molecule has 2 aromatic rings. The van der Waals surface area contributed by atoms with Gasteiger partial charge < -0.3 is 9.64 Å². The van der Waals surface area contributed by atoms with Crippen LogP contribution < -0.4 is 0 Å². The number of aromatic nitrogens is 3. The molecular formula is C20H25FN4O2. The monoisotopic (exact) mass is 372 g/mol. The minimum atomic E-state index is -0.320. The highest BCUT2D eigenvalue weighted by Gasteiger charge is 2.34. The molecule has 144 valence electrons. The maximum absolute atomic E-state index is 13.2. The van der Waals surface area contributed by atoms with E-state index < -0.39 is 0 Å². The lowest BCUT2D eigenvalue weighted by molar-refractivity contribution is -0.00714. The molecule has 2 atom stereocenters. The molecule has 2 aromatic heterocycles. The molecular weight excluding hydrogens is 347 g/mol. The highest BCUT2D eigenvalue weighted by molar-refractivity contribution is 5.94. The van der Waals surface area contributed by atoms with Gasteiger partial charge >= 0.3 is 0 Å². The number of nitrogens with zero attached hydrogens (tertiary/aromatic N) is 4. The summed E-state index contributed by atoms with van der Waals surface area (Å²) in [7, 11) is 1.83. The molecule has 0 aromatic carbocycles. The van der Waals surface area contributed by atoms with Gasteiger partial charge in [-0.05, 0) is 38.8 Å². The van der Waals surface area contributed by atoms with Crippen LogP contribution in [0.3, 0.4) is 0 Å². The first-order valence-electron chi connectivity index (χ1n) is 9.56. The average molecular weight is 372 g/mol. The fraction of sp³-hybridized carbons (Fsp3) is 0.550. The van der Waals surface area contributed by atoms with E-state index in [1.54, 1.807) is 10.7 Å². The fourth-order valence-electron chi connectivity index (χ4n) is 4.29. The van der Waals surface area contributed by atoms with Crippen molar-refractivity contribution in [2.24, 2.45) is 7.05 Å². The second-order valence-corrected chi connectivity index (χ2v) is 7.60. The summed E-state index contributed by atoms with van der Waals surface area (Å²) < 4.78 is 20.6. The molecule has 1 fully saturated rings. The first-order chi connectivity index (χ1) is 12.9. The van der Waals surface area contributed by atoms with Crippen molar-refractivity contribution in [1.29, 1.82) is 0 Å². The summed E-state index contributed by atoms with van der Waals surface area (Å²) in [5, 5.41) is 4.55. The molecule has 2 aliphatic rings. The molecule has 27 heavy (non-hydrogen) atoms. The van der Waals surface area contributed by atoms with Gasteiger partial charge in [-0.2, -0.15) is 5.10 Å². The van der Waals surface area contributed by atoms with E-state index in [0.29, 0.717) is 25.2 Å². The van der Waals surface area contributed by atoms with Crippen molar-refractivity contribution in [2.75, 3.05) is 13.1 Å². The van der Waals surface area contributed by atoms with Gasteiger partial charge in [0.05, 0.1) is 24.1 Å². The van der Waals surface area contributed by atoms with Crippen LogP contribution in [0.4, 0.5) is 4.39 Å². The van der Waals surface area contributed by atoms with E-state index in [9.17, 15) is 9.18 Å². The Morgan fingerprint density at radius 2 is 2.00 bits per heavy atom. The zero-order chi connectivity index (χ0) is 19.1. The van der Waals surface area contributed by atoms with Gasteiger partial charge in [-0.25, -0.2) is 4.39 Å². The van der Waals surface area contributed by atoms with Crippen molar-refractivity contribution in [3.05, 3.63) is 46.8 Å². The highest BCUT2D eigenvalue weighted by atomic mass is 19.1. The van der Waals surface area contributed by atoms with Crippen LogP contribution in [0, 0.1) is 5.82 Å². The highest BCUT2D eigenvalue weighted by Crippen LogP contribution is 2.33. The summed E-state index contributed by atoms with van der Waals surface area (Å²) in [6, 6.07) is 3.20. The molecule has 0 aliphatic carbocycles. The predicted molar refractivity (Wildman–Crippen MR) is 97.9 cm³/mol. The molecule has 0 saturated carbocycles. The number of halogens is 1. The number of hydrogen-bond acceptors (Lipinski definition) is 4. The van der Waals surface area contributed by atoms with Crippen LogP contribution in [0.25, 0.3) is 0 Å². The number of amides is 1. The van der Waals surface area contributed by atoms with Crippen molar-refractivity contribution >= 4 is 5.91 Å².